The van der Waals surface area contributed by atoms with Crippen LogP contribution in [0.4, 0.5) is 4.39 Å². The van der Waals surface area contributed by atoms with Gasteiger partial charge >= 0.3 is 0 Å². The zero-order valence-electron chi connectivity index (χ0n) is 15.0. The third-order valence-corrected chi connectivity index (χ3v) is 4.59. The summed E-state index contributed by atoms with van der Waals surface area (Å²) in [5, 5.41) is 3.53. The highest BCUT2D eigenvalue weighted by Crippen LogP contribution is 2.23. The van der Waals surface area contributed by atoms with E-state index in [1.54, 1.807) is 24.3 Å². The Morgan fingerprint density at radius 2 is 1.63 bits per heavy atom. The zero-order valence-corrected chi connectivity index (χ0v) is 15.8. The number of carbonyl (C=O) groups excluding carboxylic acids is 1. The number of amides is 1. The Labute approximate surface area is 162 Å². The fourth-order valence-electron chi connectivity index (χ4n) is 2.60. The van der Waals surface area contributed by atoms with Crippen molar-refractivity contribution in [3.63, 3.8) is 0 Å². The third kappa shape index (κ3) is 4.68. The van der Waals surface area contributed by atoms with Crippen molar-refractivity contribution in [2.75, 3.05) is 6.54 Å². The molecule has 3 aromatic rings. The molecule has 3 rings (SSSR count). The third-order valence-electron chi connectivity index (χ3n) is 4.33. The lowest BCUT2D eigenvalue weighted by molar-refractivity contribution is 0.0945. The quantitative estimate of drug-likeness (QED) is 0.698. The minimum atomic E-state index is -0.340. The molecule has 0 saturated heterocycles. The first-order chi connectivity index (χ1) is 12.8. The second-order valence-electron chi connectivity index (χ2n) is 6.88. The van der Waals surface area contributed by atoms with Crippen molar-refractivity contribution in [2.24, 2.45) is 0 Å². The lowest BCUT2D eigenvalue weighted by atomic mass is 9.84. The predicted octanol–water partition coefficient (Wildman–Crippen LogP) is 4.64. The fourth-order valence-corrected chi connectivity index (χ4v) is 2.73. The molecule has 0 spiro atoms. The second-order valence-corrected chi connectivity index (χ2v) is 7.31. The Morgan fingerprint density at radius 1 is 1.04 bits per heavy atom. The van der Waals surface area contributed by atoms with Crippen molar-refractivity contribution in [1.29, 1.82) is 0 Å². The van der Waals surface area contributed by atoms with Gasteiger partial charge in [0.2, 0.25) is 0 Å². The molecule has 27 heavy (non-hydrogen) atoms. The molecule has 6 heteroatoms. The van der Waals surface area contributed by atoms with Gasteiger partial charge in [0.05, 0.1) is 5.56 Å². The molecule has 0 saturated carbocycles. The molecule has 0 bridgehead atoms. The van der Waals surface area contributed by atoms with Crippen LogP contribution in [0.15, 0.2) is 60.9 Å². The molecule has 0 aliphatic rings. The number of benzene rings is 2. The molecular weight excluding hydrogens is 365 g/mol. The molecule has 0 atom stereocenters. The van der Waals surface area contributed by atoms with E-state index in [1.165, 1.54) is 24.5 Å². The van der Waals surface area contributed by atoms with Crippen LogP contribution in [0.1, 0.15) is 29.8 Å². The van der Waals surface area contributed by atoms with Gasteiger partial charge in [-0.2, -0.15) is 0 Å². The summed E-state index contributed by atoms with van der Waals surface area (Å²) in [5.41, 5.74) is 1.80. The van der Waals surface area contributed by atoms with Crippen molar-refractivity contribution in [3.05, 3.63) is 82.9 Å². The van der Waals surface area contributed by atoms with Crippen LogP contribution >= 0.6 is 11.6 Å². The van der Waals surface area contributed by atoms with Crippen molar-refractivity contribution >= 4 is 17.5 Å². The molecule has 4 nitrogen and oxygen atoms in total. The van der Waals surface area contributed by atoms with Crippen LogP contribution < -0.4 is 5.32 Å². The maximum Gasteiger partial charge on any atom is 0.254 e. The summed E-state index contributed by atoms with van der Waals surface area (Å²) in [6.45, 7) is 4.37. The molecule has 138 valence electrons. The topological polar surface area (TPSA) is 54.9 Å². The minimum Gasteiger partial charge on any atom is -0.351 e. The number of nitrogens with one attached hydrogen (secondary N) is 1. The molecule has 1 amide bonds. The molecule has 0 unspecified atom stereocenters. The first kappa shape index (κ1) is 19.0. The Morgan fingerprint density at radius 3 is 2.22 bits per heavy atom. The maximum absolute atomic E-state index is 13.1. The molecule has 0 aliphatic carbocycles. The van der Waals surface area contributed by atoms with Gasteiger partial charge in [-0.3, -0.25) is 4.79 Å². The monoisotopic (exact) mass is 383 g/mol. The first-order valence-corrected chi connectivity index (χ1v) is 8.85. The predicted molar refractivity (Wildman–Crippen MR) is 104 cm³/mol. The van der Waals surface area contributed by atoms with E-state index in [-0.39, 0.29) is 17.1 Å². The molecule has 1 heterocycles. The molecule has 0 aliphatic heterocycles. The number of hydrogen-bond acceptors (Lipinski definition) is 3. The van der Waals surface area contributed by atoms with Gasteiger partial charge in [-0.1, -0.05) is 37.6 Å². The van der Waals surface area contributed by atoms with Gasteiger partial charge in [-0.25, -0.2) is 14.4 Å². The van der Waals surface area contributed by atoms with Crippen LogP contribution in [-0.4, -0.2) is 22.4 Å². The molecular formula is C21H19ClFN3O. The van der Waals surface area contributed by atoms with E-state index in [2.05, 4.69) is 15.3 Å². The minimum absolute atomic E-state index is 0.257. The molecule has 2 aromatic carbocycles. The Kier molecular flexibility index (Phi) is 5.51. The fraction of sp³-hybridized carbons (Fsp3) is 0.190. The van der Waals surface area contributed by atoms with E-state index in [9.17, 15) is 9.18 Å². The number of halogens is 2. The normalized spacial score (nSPS) is 11.3. The van der Waals surface area contributed by atoms with Gasteiger partial charge in [0.15, 0.2) is 5.82 Å². The SMILES string of the molecule is CC(C)(CNC(=O)c1cnc(-c2ccc(Cl)cc2)nc1)c1ccc(F)cc1. The van der Waals surface area contributed by atoms with E-state index < -0.39 is 0 Å². The summed E-state index contributed by atoms with van der Waals surface area (Å²) in [7, 11) is 0. The summed E-state index contributed by atoms with van der Waals surface area (Å²) in [5.74, 6) is -0.0146. The van der Waals surface area contributed by atoms with E-state index in [0.717, 1.165) is 11.1 Å². The van der Waals surface area contributed by atoms with Crippen molar-refractivity contribution < 1.29 is 9.18 Å². The average molecular weight is 384 g/mol. The van der Waals surface area contributed by atoms with E-state index >= 15 is 0 Å². The Balaban J connectivity index is 1.65. The van der Waals surface area contributed by atoms with Crippen molar-refractivity contribution in [1.82, 2.24) is 15.3 Å². The highest BCUT2D eigenvalue weighted by Gasteiger charge is 2.22. The number of hydrogen-bond donors (Lipinski definition) is 1. The lowest BCUT2D eigenvalue weighted by Gasteiger charge is -2.25. The van der Waals surface area contributed by atoms with E-state index in [1.807, 2.05) is 26.0 Å². The maximum atomic E-state index is 13.1. The summed E-state index contributed by atoms with van der Waals surface area (Å²) < 4.78 is 13.1. The Bertz CT molecular complexity index is 923. The van der Waals surface area contributed by atoms with Gasteiger partial charge in [0.1, 0.15) is 5.82 Å². The Hall–Kier alpha value is -2.79. The largest absolute Gasteiger partial charge is 0.351 e. The highest BCUT2D eigenvalue weighted by molar-refractivity contribution is 6.30. The number of nitrogens with zero attached hydrogens (tertiary/aromatic N) is 2. The number of rotatable bonds is 5. The zero-order chi connectivity index (χ0) is 19.4. The molecule has 1 aromatic heterocycles. The van der Waals surface area contributed by atoms with Crippen LogP contribution in [0.3, 0.4) is 0 Å². The summed E-state index contributed by atoms with van der Waals surface area (Å²) >= 11 is 5.88. The smallest absolute Gasteiger partial charge is 0.254 e. The second kappa shape index (κ2) is 7.84. The van der Waals surface area contributed by atoms with Crippen LogP contribution in [0, 0.1) is 5.82 Å². The van der Waals surface area contributed by atoms with Crippen molar-refractivity contribution in [3.8, 4) is 11.4 Å². The van der Waals surface area contributed by atoms with Crippen LogP contribution in [0.2, 0.25) is 5.02 Å². The van der Waals surface area contributed by atoms with Gasteiger partial charge in [-0.15, -0.1) is 0 Å². The molecule has 0 fully saturated rings. The molecule has 0 radical (unpaired) electrons. The van der Waals surface area contributed by atoms with Gasteiger partial charge in [0.25, 0.3) is 5.91 Å². The highest BCUT2D eigenvalue weighted by atomic mass is 35.5. The van der Waals surface area contributed by atoms with Crippen molar-refractivity contribution in [2.45, 2.75) is 19.3 Å². The average Bonchev–Trinajstić information content (AvgIpc) is 2.67. The van der Waals surface area contributed by atoms with E-state index in [4.69, 9.17) is 11.6 Å². The summed E-state index contributed by atoms with van der Waals surface area (Å²) in [6.07, 6.45) is 2.99. The summed E-state index contributed by atoms with van der Waals surface area (Å²) in [4.78, 5) is 20.9. The number of carbonyl (C=O) groups is 1. The summed E-state index contributed by atoms with van der Waals surface area (Å²) in [6, 6.07) is 13.5. The van der Waals surface area contributed by atoms with Crippen LogP contribution in [0.5, 0.6) is 0 Å². The van der Waals surface area contributed by atoms with Gasteiger partial charge < -0.3 is 5.32 Å². The standard InChI is InChI=1S/C21H19ClFN3O/c1-21(2,16-5-9-18(23)10-6-16)13-26-20(27)15-11-24-19(25-12-15)14-3-7-17(22)8-4-14/h3-12H,13H2,1-2H3,(H,26,27). The van der Waals surface area contributed by atoms with Gasteiger partial charge in [-0.05, 0) is 42.0 Å². The van der Waals surface area contributed by atoms with E-state index in [0.29, 0.717) is 23.0 Å². The number of aromatic nitrogens is 2. The van der Waals surface area contributed by atoms with Crippen LogP contribution in [-0.2, 0) is 5.41 Å². The molecule has 1 N–H and O–H groups in total. The van der Waals surface area contributed by atoms with Gasteiger partial charge in [0, 0.05) is 34.9 Å². The first-order valence-electron chi connectivity index (χ1n) is 8.47. The lowest BCUT2D eigenvalue weighted by Crippen LogP contribution is -2.36. The van der Waals surface area contributed by atoms with Crippen LogP contribution in [0.25, 0.3) is 11.4 Å².